The van der Waals surface area contributed by atoms with Gasteiger partial charge in [-0.3, -0.25) is 4.79 Å². The Labute approximate surface area is 209 Å². The fourth-order valence-electron chi connectivity index (χ4n) is 11.2. The van der Waals surface area contributed by atoms with Crippen LogP contribution in [0.15, 0.2) is 23.8 Å². The Kier molecular flexibility index (Phi) is 5.78. The number of ether oxygens (including phenoxy) is 1. The minimum Gasteiger partial charge on any atom is -0.462 e. The number of carbonyl (C=O) groups is 1. The summed E-state index contributed by atoms with van der Waals surface area (Å²) < 4.78 is 5.91. The fourth-order valence-corrected chi connectivity index (χ4v) is 11.2. The van der Waals surface area contributed by atoms with Crippen LogP contribution in [0.2, 0.25) is 0 Å². The van der Waals surface area contributed by atoms with E-state index in [4.69, 9.17) is 4.74 Å². The Balaban J connectivity index is 1.50. The van der Waals surface area contributed by atoms with Gasteiger partial charge < -0.3 is 4.74 Å². The highest BCUT2D eigenvalue weighted by atomic mass is 16.5. The number of fused-ring (bicyclic) bond motifs is 7. The Morgan fingerprint density at radius 2 is 1.65 bits per heavy atom. The van der Waals surface area contributed by atoms with Gasteiger partial charge in [-0.05, 0) is 117 Å². The third-order valence-electron chi connectivity index (χ3n) is 12.9. The van der Waals surface area contributed by atoms with Crippen LogP contribution in [-0.2, 0) is 9.53 Å². The summed E-state index contributed by atoms with van der Waals surface area (Å²) in [7, 11) is 0. The van der Waals surface area contributed by atoms with Crippen molar-refractivity contribution in [3.63, 3.8) is 0 Å². The number of esters is 1. The second-order valence-corrected chi connectivity index (χ2v) is 14.5. The summed E-state index contributed by atoms with van der Waals surface area (Å²) in [5.74, 6) is 3.53. The first-order valence-electron chi connectivity index (χ1n) is 14.4. The molecule has 4 saturated carbocycles. The van der Waals surface area contributed by atoms with Crippen molar-refractivity contribution in [2.75, 3.05) is 0 Å². The van der Waals surface area contributed by atoms with Gasteiger partial charge in [-0.15, -0.1) is 0 Å². The van der Waals surface area contributed by atoms with Gasteiger partial charge in [-0.1, -0.05) is 58.4 Å². The maximum atomic E-state index is 11.9. The molecular weight excluding hydrogens is 416 g/mol. The average Bonchev–Trinajstić information content (AvgIpc) is 2.75. The molecule has 0 aromatic carbocycles. The molecule has 4 fully saturated rings. The molecule has 5 aliphatic rings. The van der Waals surface area contributed by atoms with E-state index in [1.165, 1.54) is 63.4 Å². The van der Waals surface area contributed by atoms with E-state index < -0.39 is 0 Å². The smallest absolute Gasteiger partial charge is 0.302 e. The zero-order valence-corrected chi connectivity index (χ0v) is 23.1. The molecule has 34 heavy (non-hydrogen) atoms. The summed E-state index contributed by atoms with van der Waals surface area (Å²) >= 11 is 0. The monoisotopic (exact) mass is 466 g/mol. The number of rotatable bonds is 2. The number of carbonyl (C=O) groups excluding carboxylic acids is 1. The first-order chi connectivity index (χ1) is 15.9. The zero-order chi connectivity index (χ0) is 24.7. The lowest BCUT2D eigenvalue weighted by atomic mass is 9.33. The molecule has 9 unspecified atom stereocenters. The Morgan fingerprint density at radius 3 is 2.32 bits per heavy atom. The molecule has 0 aromatic rings. The summed E-state index contributed by atoms with van der Waals surface area (Å²) in [6, 6.07) is 0. The SMILES string of the molecule is C=C(C)C1CCC=C2CCC3(C)C(CCC4C5(C)CCC(OC(C)=O)C(C)(C)C5CCC43C)C21. The molecule has 0 amide bonds. The van der Waals surface area contributed by atoms with Crippen LogP contribution in [0.4, 0.5) is 0 Å². The predicted molar refractivity (Wildman–Crippen MR) is 140 cm³/mol. The molecule has 0 radical (unpaired) electrons. The molecule has 9 atom stereocenters. The highest BCUT2D eigenvalue weighted by molar-refractivity contribution is 5.66. The van der Waals surface area contributed by atoms with E-state index in [2.05, 4.69) is 54.2 Å². The molecule has 0 aromatic heterocycles. The van der Waals surface area contributed by atoms with Gasteiger partial charge in [0, 0.05) is 12.3 Å². The minimum atomic E-state index is -0.110. The minimum absolute atomic E-state index is 0.0502. The van der Waals surface area contributed by atoms with Crippen LogP contribution >= 0.6 is 0 Å². The number of allylic oxidation sites excluding steroid dienone is 3. The summed E-state index contributed by atoms with van der Waals surface area (Å²) in [6.45, 7) is 21.2. The molecule has 0 saturated heterocycles. The Bertz CT molecular complexity index is 897. The van der Waals surface area contributed by atoms with Crippen LogP contribution in [-0.4, -0.2) is 12.1 Å². The van der Waals surface area contributed by atoms with Crippen LogP contribution in [0.3, 0.4) is 0 Å². The first kappa shape index (κ1) is 24.6. The summed E-state index contributed by atoms with van der Waals surface area (Å²) in [6.07, 6.45) is 15.6. The van der Waals surface area contributed by atoms with Gasteiger partial charge >= 0.3 is 5.97 Å². The summed E-state index contributed by atoms with van der Waals surface area (Å²) in [5, 5.41) is 0. The van der Waals surface area contributed by atoms with Gasteiger partial charge in [0.15, 0.2) is 0 Å². The highest BCUT2D eigenvalue weighted by Gasteiger charge is 2.68. The molecule has 0 N–H and O–H groups in total. The third kappa shape index (κ3) is 3.21. The zero-order valence-electron chi connectivity index (χ0n) is 23.1. The third-order valence-corrected chi connectivity index (χ3v) is 12.9. The van der Waals surface area contributed by atoms with Gasteiger partial charge in [-0.2, -0.15) is 0 Å². The molecule has 0 heterocycles. The van der Waals surface area contributed by atoms with E-state index in [-0.39, 0.29) is 17.5 Å². The van der Waals surface area contributed by atoms with Crippen molar-refractivity contribution in [2.45, 2.75) is 119 Å². The molecule has 0 spiro atoms. The topological polar surface area (TPSA) is 26.3 Å². The van der Waals surface area contributed by atoms with Crippen LogP contribution in [0.1, 0.15) is 113 Å². The largest absolute Gasteiger partial charge is 0.462 e. The molecular formula is C32H50O2. The standard InChI is InChI=1S/C32H50O2/c1-20(2)23-11-9-10-22-14-18-31(7)24(28(22)23)12-13-26-30(6)17-16-27(34-21(3)33)29(4,5)25(30)15-19-32(26,31)8/h10,23-28H,1,9,11-19H2,2-8H3. The van der Waals surface area contributed by atoms with Gasteiger partial charge in [0.25, 0.3) is 0 Å². The van der Waals surface area contributed by atoms with Crippen molar-refractivity contribution in [1.82, 2.24) is 0 Å². The van der Waals surface area contributed by atoms with Crippen molar-refractivity contribution in [2.24, 2.45) is 51.2 Å². The highest BCUT2D eigenvalue weighted by Crippen LogP contribution is 2.75. The first-order valence-corrected chi connectivity index (χ1v) is 14.4. The molecule has 2 heteroatoms. The maximum Gasteiger partial charge on any atom is 0.302 e. The van der Waals surface area contributed by atoms with Gasteiger partial charge in [0.2, 0.25) is 0 Å². The summed E-state index contributed by atoms with van der Waals surface area (Å²) in [4.78, 5) is 11.9. The molecule has 5 rings (SSSR count). The van der Waals surface area contributed by atoms with E-state index in [9.17, 15) is 4.79 Å². The summed E-state index contributed by atoms with van der Waals surface area (Å²) in [5.41, 5.74) is 4.41. The molecule has 5 aliphatic carbocycles. The molecule has 0 aliphatic heterocycles. The van der Waals surface area contributed by atoms with Gasteiger partial charge in [0.05, 0.1) is 0 Å². The second kappa shape index (κ2) is 7.97. The van der Waals surface area contributed by atoms with Gasteiger partial charge in [-0.25, -0.2) is 0 Å². The van der Waals surface area contributed by atoms with Crippen LogP contribution in [0.5, 0.6) is 0 Å². The maximum absolute atomic E-state index is 11.9. The second-order valence-electron chi connectivity index (χ2n) is 14.5. The lowest BCUT2D eigenvalue weighted by Gasteiger charge is -2.72. The van der Waals surface area contributed by atoms with E-state index in [0.717, 1.165) is 24.2 Å². The Morgan fingerprint density at radius 1 is 0.912 bits per heavy atom. The quantitative estimate of drug-likeness (QED) is 0.301. The number of hydrogen-bond donors (Lipinski definition) is 0. The van der Waals surface area contributed by atoms with E-state index >= 15 is 0 Å². The normalized spacial score (nSPS) is 49.4. The van der Waals surface area contributed by atoms with Gasteiger partial charge in [0.1, 0.15) is 6.10 Å². The molecule has 2 nitrogen and oxygen atoms in total. The van der Waals surface area contributed by atoms with Crippen molar-refractivity contribution in [3.05, 3.63) is 23.8 Å². The number of hydrogen-bond acceptors (Lipinski definition) is 2. The predicted octanol–water partition coefficient (Wildman–Crippen LogP) is 8.52. The van der Waals surface area contributed by atoms with Crippen molar-refractivity contribution in [1.29, 1.82) is 0 Å². The van der Waals surface area contributed by atoms with Crippen LogP contribution in [0.25, 0.3) is 0 Å². The lowest BCUT2D eigenvalue weighted by Crippen LogP contribution is -2.66. The van der Waals surface area contributed by atoms with E-state index in [0.29, 0.717) is 28.1 Å². The van der Waals surface area contributed by atoms with E-state index in [1.54, 1.807) is 12.5 Å². The van der Waals surface area contributed by atoms with Crippen LogP contribution < -0.4 is 0 Å². The fraction of sp³-hybridized carbons (Fsp3) is 0.844. The van der Waals surface area contributed by atoms with Crippen molar-refractivity contribution in [3.8, 4) is 0 Å². The van der Waals surface area contributed by atoms with Crippen LogP contribution in [0, 0.1) is 51.2 Å². The average molecular weight is 467 g/mol. The van der Waals surface area contributed by atoms with Crippen molar-refractivity contribution < 1.29 is 9.53 Å². The molecule has 190 valence electrons. The van der Waals surface area contributed by atoms with E-state index in [1.807, 2.05) is 0 Å². The van der Waals surface area contributed by atoms with Crippen molar-refractivity contribution >= 4 is 5.97 Å². The lowest BCUT2D eigenvalue weighted by molar-refractivity contribution is -0.238. The Hall–Kier alpha value is -1.05. The molecule has 0 bridgehead atoms.